The van der Waals surface area contributed by atoms with Gasteiger partial charge in [-0.1, -0.05) is 36.3 Å². The van der Waals surface area contributed by atoms with Crippen LogP contribution in [0, 0.1) is 37.4 Å². The molecule has 0 aromatic heterocycles. The van der Waals surface area contributed by atoms with E-state index in [-0.39, 0.29) is 30.6 Å². The highest BCUT2D eigenvalue weighted by Crippen LogP contribution is 2.37. The number of halogens is 1. The molecular formula is C28H32FN3O2. The summed E-state index contributed by atoms with van der Waals surface area (Å²) in [6, 6.07) is 12.4. The first-order valence-electron chi connectivity index (χ1n) is 11.9. The van der Waals surface area contributed by atoms with Crippen LogP contribution in [0.15, 0.2) is 42.5 Å². The molecule has 0 radical (unpaired) electrons. The van der Waals surface area contributed by atoms with E-state index in [9.17, 15) is 14.0 Å². The van der Waals surface area contributed by atoms with Crippen LogP contribution in [-0.2, 0) is 17.8 Å². The van der Waals surface area contributed by atoms with Crippen molar-refractivity contribution in [2.75, 3.05) is 19.6 Å². The topological polar surface area (TPSA) is 52.7 Å². The Kier molecular flexibility index (Phi) is 7.04. The third-order valence-corrected chi connectivity index (χ3v) is 7.25. The van der Waals surface area contributed by atoms with Crippen molar-refractivity contribution < 1.29 is 14.0 Å². The number of aryl methyl sites for hydroxylation is 2. The van der Waals surface area contributed by atoms with Crippen molar-refractivity contribution >= 4 is 11.9 Å². The van der Waals surface area contributed by atoms with Gasteiger partial charge in [-0.05, 0) is 87.0 Å². The molecule has 0 unspecified atom stereocenters. The average Bonchev–Trinajstić information content (AvgIpc) is 3.05. The van der Waals surface area contributed by atoms with Crippen molar-refractivity contribution in [3.05, 3.63) is 70.5 Å². The summed E-state index contributed by atoms with van der Waals surface area (Å²) in [7, 11) is 0. The summed E-state index contributed by atoms with van der Waals surface area (Å²) < 4.78 is 13.9. The maximum atomic E-state index is 13.9. The second kappa shape index (κ2) is 9.99. The summed E-state index contributed by atoms with van der Waals surface area (Å²) in [6.07, 6.45) is 1.83. The van der Waals surface area contributed by atoms with Gasteiger partial charge in [-0.15, -0.1) is 5.92 Å². The van der Waals surface area contributed by atoms with Crippen molar-refractivity contribution in [1.82, 2.24) is 15.1 Å². The monoisotopic (exact) mass is 461 g/mol. The highest BCUT2D eigenvalue weighted by Gasteiger charge is 2.55. The SMILES string of the molecule is CC#CCN1C(=O)N[C@](Cc2cccc(F)c2)(C2CCN(Cc3ccc(C)c(C)c3)CC2)C1=O. The molecule has 2 fully saturated rings. The highest BCUT2D eigenvalue weighted by molar-refractivity contribution is 6.07. The first-order valence-corrected chi connectivity index (χ1v) is 11.9. The number of carbonyl (C=O) groups excluding carboxylic acids is 2. The van der Waals surface area contributed by atoms with E-state index in [2.05, 4.69) is 54.1 Å². The number of piperidine rings is 1. The van der Waals surface area contributed by atoms with E-state index in [1.807, 2.05) is 6.07 Å². The van der Waals surface area contributed by atoms with E-state index in [1.54, 1.807) is 13.0 Å². The maximum absolute atomic E-state index is 13.9. The number of hydrogen-bond donors (Lipinski definition) is 1. The average molecular weight is 462 g/mol. The van der Waals surface area contributed by atoms with Gasteiger partial charge in [-0.3, -0.25) is 14.6 Å². The molecule has 2 aromatic carbocycles. The van der Waals surface area contributed by atoms with E-state index >= 15 is 0 Å². The molecule has 0 aliphatic carbocycles. The van der Waals surface area contributed by atoms with E-state index in [0.29, 0.717) is 5.56 Å². The van der Waals surface area contributed by atoms with Crippen LogP contribution in [0.4, 0.5) is 9.18 Å². The fourth-order valence-electron chi connectivity index (χ4n) is 5.20. The fraction of sp³-hybridized carbons (Fsp3) is 0.429. The van der Waals surface area contributed by atoms with Crippen molar-refractivity contribution in [3.8, 4) is 11.8 Å². The minimum atomic E-state index is -1.08. The smallest absolute Gasteiger partial charge is 0.322 e. The predicted molar refractivity (Wildman–Crippen MR) is 130 cm³/mol. The van der Waals surface area contributed by atoms with Gasteiger partial charge in [0.2, 0.25) is 0 Å². The number of benzene rings is 2. The molecule has 5 nitrogen and oxygen atoms in total. The zero-order valence-electron chi connectivity index (χ0n) is 20.2. The molecule has 2 aliphatic rings. The van der Waals surface area contributed by atoms with Crippen molar-refractivity contribution in [2.24, 2.45) is 5.92 Å². The molecule has 6 heteroatoms. The normalized spacial score (nSPS) is 21.4. The molecule has 2 aromatic rings. The number of nitrogens with one attached hydrogen (secondary N) is 1. The minimum absolute atomic E-state index is 0.0391. The van der Waals surface area contributed by atoms with Gasteiger partial charge in [0.15, 0.2) is 0 Å². The Morgan fingerprint density at radius 1 is 1.06 bits per heavy atom. The summed E-state index contributed by atoms with van der Waals surface area (Å²) in [5.41, 5.74) is 3.48. The second-order valence-electron chi connectivity index (χ2n) is 9.50. The summed E-state index contributed by atoms with van der Waals surface area (Å²) in [4.78, 5) is 30.1. The Hall–Kier alpha value is -3.17. The summed E-state index contributed by atoms with van der Waals surface area (Å²) >= 11 is 0. The van der Waals surface area contributed by atoms with Gasteiger partial charge in [-0.2, -0.15) is 0 Å². The molecule has 1 atom stereocenters. The van der Waals surface area contributed by atoms with Crippen LogP contribution in [0.3, 0.4) is 0 Å². The molecule has 2 heterocycles. The van der Waals surface area contributed by atoms with Gasteiger partial charge >= 0.3 is 6.03 Å². The molecule has 0 bridgehead atoms. The molecular weight excluding hydrogens is 429 g/mol. The summed E-state index contributed by atoms with van der Waals surface area (Å²) in [5.74, 6) is 4.95. The molecule has 0 spiro atoms. The molecule has 178 valence electrons. The number of hydrogen-bond acceptors (Lipinski definition) is 3. The number of imide groups is 1. The number of likely N-dealkylation sites (tertiary alicyclic amines) is 1. The van der Waals surface area contributed by atoms with Crippen LogP contribution >= 0.6 is 0 Å². The molecule has 1 N–H and O–H groups in total. The fourth-order valence-corrected chi connectivity index (χ4v) is 5.20. The van der Waals surface area contributed by atoms with E-state index in [4.69, 9.17) is 0 Å². The number of nitrogens with zero attached hydrogens (tertiary/aromatic N) is 2. The lowest BCUT2D eigenvalue weighted by Gasteiger charge is -2.41. The van der Waals surface area contributed by atoms with Crippen molar-refractivity contribution in [1.29, 1.82) is 0 Å². The first kappa shape index (κ1) is 24.0. The van der Waals surface area contributed by atoms with E-state index in [1.165, 1.54) is 33.7 Å². The van der Waals surface area contributed by atoms with E-state index in [0.717, 1.165) is 32.5 Å². The van der Waals surface area contributed by atoms with Gasteiger partial charge < -0.3 is 5.32 Å². The van der Waals surface area contributed by atoms with E-state index < -0.39 is 11.6 Å². The Bertz CT molecular complexity index is 1140. The zero-order valence-corrected chi connectivity index (χ0v) is 20.2. The molecule has 4 rings (SSSR count). The number of amides is 3. The third kappa shape index (κ3) is 4.85. The predicted octanol–water partition coefficient (Wildman–Crippen LogP) is 4.21. The second-order valence-corrected chi connectivity index (χ2v) is 9.50. The Balaban J connectivity index is 1.54. The number of urea groups is 1. The lowest BCUT2D eigenvalue weighted by atomic mass is 9.74. The highest BCUT2D eigenvalue weighted by atomic mass is 19.1. The maximum Gasteiger partial charge on any atom is 0.325 e. The van der Waals surface area contributed by atoms with Gasteiger partial charge in [0, 0.05) is 13.0 Å². The quantitative estimate of drug-likeness (QED) is 0.518. The number of carbonyl (C=O) groups is 2. The Morgan fingerprint density at radius 3 is 2.50 bits per heavy atom. The van der Waals surface area contributed by atoms with Gasteiger partial charge in [0.1, 0.15) is 11.4 Å². The third-order valence-electron chi connectivity index (χ3n) is 7.25. The molecule has 2 saturated heterocycles. The van der Waals surface area contributed by atoms with Gasteiger partial charge in [0.05, 0.1) is 6.54 Å². The van der Waals surface area contributed by atoms with Gasteiger partial charge in [0.25, 0.3) is 5.91 Å². The molecule has 2 aliphatic heterocycles. The first-order chi connectivity index (χ1) is 16.3. The van der Waals surface area contributed by atoms with Crippen molar-refractivity contribution in [3.63, 3.8) is 0 Å². The molecule has 34 heavy (non-hydrogen) atoms. The van der Waals surface area contributed by atoms with Crippen LogP contribution < -0.4 is 5.32 Å². The Morgan fingerprint density at radius 2 is 1.82 bits per heavy atom. The molecule has 3 amide bonds. The Labute approximate surface area is 201 Å². The minimum Gasteiger partial charge on any atom is -0.322 e. The summed E-state index contributed by atoms with van der Waals surface area (Å²) in [6.45, 7) is 8.53. The largest absolute Gasteiger partial charge is 0.325 e. The van der Waals surface area contributed by atoms with Gasteiger partial charge in [-0.25, -0.2) is 9.18 Å². The number of rotatable bonds is 6. The van der Waals surface area contributed by atoms with Crippen LogP contribution in [0.5, 0.6) is 0 Å². The standard InChI is InChI=1S/C28H32FN3O2/c1-4-5-13-32-26(33)28(30-27(32)34,18-22-7-6-8-25(29)17-22)24-11-14-31(15-12-24)19-23-10-9-20(2)21(3)16-23/h6-10,16-17,24H,11-15,18-19H2,1-3H3,(H,30,34)/t28-/m1/s1. The zero-order chi connectivity index (χ0) is 24.3. The molecule has 0 saturated carbocycles. The lowest BCUT2D eigenvalue weighted by molar-refractivity contribution is -0.133. The van der Waals surface area contributed by atoms with Crippen LogP contribution in [0.1, 0.15) is 42.0 Å². The van der Waals surface area contributed by atoms with Crippen molar-refractivity contribution in [2.45, 2.75) is 52.1 Å². The lowest BCUT2D eigenvalue weighted by Crippen LogP contribution is -2.57. The summed E-state index contributed by atoms with van der Waals surface area (Å²) in [5, 5.41) is 3.02. The van der Waals surface area contributed by atoms with Crippen LogP contribution in [0.25, 0.3) is 0 Å². The van der Waals surface area contributed by atoms with Crippen LogP contribution in [-0.4, -0.2) is 46.9 Å². The van der Waals surface area contributed by atoms with Crippen LogP contribution in [0.2, 0.25) is 0 Å².